The number of aromatic nitrogens is 3. The van der Waals surface area contributed by atoms with Gasteiger partial charge in [0.2, 0.25) is 5.95 Å². The molecule has 3 aromatic heterocycles. The van der Waals surface area contributed by atoms with Gasteiger partial charge in [0.05, 0.1) is 21.6 Å². The molecule has 1 amide bonds. The number of likely N-dealkylation sites (tertiary alicyclic amines) is 1. The molecule has 3 aromatic rings. The Kier molecular flexibility index (Phi) is 6.22. The van der Waals surface area contributed by atoms with Crippen LogP contribution >= 0.6 is 11.6 Å². The first-order valence-corrected chi connectivity index (χ1v) is 11.9. The second-order valence-corrected chi connectivity index (χ2v) is 9.36. The predicted molar refractivity (Wildman–Crippen MR) is 129 cm³/mol. The van der Waals surface area contributed by atoms with Gasteiger partial charge in [-0.3, -0.25) is 19.5 Å². The summed E-state index contributed by atoms with van der Waals surface area (Å²) in [7, 11) is 1.49. The summed E-state index contributed by atoms with van der Waals surface area (Å²) in [4.78, 5) is 39.9. The molecule has 0 aromatic carbocycles. The van der Waals surface area contributed by atoms with Crippen LogP contribution in [0, 0.1) is 5.95 Å². The minimum Gasteiger partial charge on any atom is -0.368 e. The van der Waals surface area contributed by atoms with Crippen LogP contribution in [0.3, 0.4) is 0 Å². The molecule has 1 unspecified atom stereocenters. The lowest BCUT2D eigenvalue weighted by Gasteiger charge is -2.37. The number of carbonyl (C=O) groups is 1. The van der Waals surface area contributed by atoms with Gasteiger partial charge in [-0.2, -0.15) is 4.39 Å². The van der Waals surface area contributed by atoms with Crippen molar-refractivity contribution < 1.29 is 9.18 Å². The van der Waals surface area contributed by atoms with E-state index in [4.69, 9.17) is 11.6 Å². The number of piperidine rings is 1. The first kappa shape index (κ1) is 22.7. The van der Waals surface area contributed by atoms with E-state index in [0.29, 0.717) is 27.7 Å². The average Bonchev–Trinajstić information content (AvgIpc) is 3.34. The molecule has 0 aliphatic carbocycles. The number of H-pyrrole nitrogens is 1. The zero-order valence-electron chi connectivity index (χ0n) is 18.9. The van der Waals surface area contributed by atoms with Crippen molar-refractivity contribution in [3.63, 3.8) is 0 Å². The third kappa shape index (κ3) is 4.37. The predicted octanol–water partition coefficient (Wildman–Crippen LogP) is 2.93. The quantitative estimate of drug-likeness (QED) is 0.553. The van der Waals surface area contributed by atoms with Gasteiger partial charge in [-0.1, -0.05) is 11.6 Å². The van der Waals surface area contributed by atoms with Crippen LogP contribution in [0.25, 0.3) is 10.9 Å². The van der Waals surface area contributed by atoms with Gasteiger partial charge in [0.25, 0.3) is 11.5 Å². The lowest BCUT2D eigenvalue weighted by molar-refractivity contribution is 0.0957. The molecule has 0 radical (unpaired) electrons. The van der Waals surface area contributed by atoms with Crippen molar-refractivity contribution >= 4 is 34.1 Å². The molecule has 2 saturated heterocycles. The second kappa shape index (κ2) is 9.31. The highest BCUT2D eigenvalue weighted by atomic mass is 35.5. The number of nitrogens with zero attached hydrogens (tertiary/aromatic N) is 4. The molecule has 178 valence electrons. The maximum atomic E-state index is 14.5. The van der Waals surface area contributed by atoms with E-state index in [9.17, 15) is 14.0 Å². The molecule has 2 aliphatic rings. The topological polar surface area (TPSA) is 94.2 Å². The van der Waals surface area contributed by atoms with E-state index >= 15 is 0 Å². The number of anilines is 1. The summed E-state index contributed by atoms with van der Waals surface area (Å²) in [6.45, 7) is 3.28. The van der Waals surface area contributed by atoms with Crippen molar-refractivity contribution in [2.45, 2.75) is 31.2 Å². The lowest BCUT2D eigenvalue weighted by Crippen LogP contribution is -2.44. The smallest absolute Gasteiger partial charge is 0.269 e. The van der Waals surface area contributed by atoms with Crippen LogP contribution in [0.15, 0.2) is 35.3 Å². The molecule has 0 bridgehead atoms. The zero-order chi connectivity index (χ0) is 23.8. The highest BCUT2D eigenvalue weighted by Gasteiger charge is 2.32. The highest BCUT2D eigenvalue weighted by Crippen LogP contribution is 2.32. The van der Waals surface area contributed by atoms with Crippen molar-refractivity contribution in [3.8, 4) is 0 Å². The van der Waals surface area contributed by atoms with E-state index in [0.717, 1.165) is 51.1 Å². The first-order chi connectivity index (χ1) is 16.4. The summed E-state index contributed by atoms with van der Waals surface area (Å²) in [6.07, 6.45) is 4.36. The summed E-state index contributed by atoms with van der Waals surface area (Å²) < 4.78 is 14.5. The molecule has 2 N–H and O–H groups in total. The standard InChI is InChI=1S/C24H26ClFN6O2/c1-27-24(34)18-2-3-21(22(26)29-18)31-8-5-16(6-9-31)32-7-4-14(13-32)19-11-20-17(23(33)30-19)10-15(25)12-28-20/h2-3,10-12,14,16H,4-9,13H2,1H3,(H,27,34)(H,30,33). The normalized spacial score (nSPS) is 19.6. The SMILES string of the molecule is CNC(=O)c1ccc(N2CCC(N3CCC(c4cc5ncc(Cl)cc5c(=O)[nH]4)C3)CC2)c(F)n1. The Labute approximate surface area is 201 Å². The Morgan fingerprint density at radius 1 is 1.21 bits per heavy atom. The molecule has 8 nitrogen and oxygen atoms in total. The molecule has 5 rings (SSSR count). The number of pyridine rings is 3. The summed E-state index contributed by atoms with van der Waals surface area (Å²) in [5, 5.41) is 3.41. The fourth-order valence-electron chi connectivity index (χ4n) is 5.11. The van der Waals surface area contributed by atoms with Gasteiger partial charge in [-0.25, -0.2) is 4.98 Å². The molecule has 0 saturated carbocycles. The number of fused-ring (bicyclic) bond motifs is 1. The van der Waals surface area contributed by atoms with Crippen LogP contribution in [0.1, 0.15) is 41.4 Å². The van der Waals surface area contributed by atoms with Gasteiger partial charge in [0, 0.05) is 50.5 Å². The Hall–Kier alpha value is -3.04. The molecule has 0 spiro atoms. The molecule has 34 heavy (non-hydrogen) atoms. The number of carbonyl (C=O) groups excluding carboxylic acids is 1. The fourth-order valence-corrected chi connectivity index (χ4v) is 5.27. The minimum absolute atomic E-state index is 0.0757. The van der Waals surface area contributed by atoms with Crippen LogP contribution < -0.4 is 15.8 Å². The van der Waals surface area contributed by atoms with E-state index in [1.54, 1.807) is 24.4 Å². The molecular weight excluding hydrogens is 459 g/mol. The maximum Gasteiger partial charge on any atom is 0.269 e. The van der Waals surface area contributed by atoms with Gasteiger partial charge in [0.15, 0.2) is 0 Å². The monoisotopic (exact) mass is 484 g/mol. The summed E-state index contributed by atoms with van der Waals surface area (Å²) in [5.41, 5.74) is 1.93. The molecule has 10 heteroatoms. The van der Waals surface area contributed by atoms with Crippen molar-refractivity contribution in [1.29, 1.82) is 0 Å². The van der Waals surface area contributed by atoms with Crippen molar-refractivity contribution in [1.82, 2.24) is 25.2 Å². The van der Waals surface area contributed by atoms with E-state index in [-0.39, 0.29) is 17.2 Å². The number of aromatic amines is 1. The fraction of sp³-hybridized carbons (Fsp3) is 0.417. The minimum atomic E-state index is -0.615. The largest absolute Gasteiger partial charge is 0.368 e. The summed E-state index contributed by atoms with van der Waals surface area (Å²) >= 11 is 5.98. The third-order valence-corrected chi connectivity index (χ3v) is 7.16. The van der Waals surface area contributed by atoms with Crippen molar-refractivity contribution in [2.24, 2.45) is 0 Å². The number of rotatable bonds is 4. The Bertz CT molecular complexity index is 1290. The van der Waals surface area contributed by atoms with E-state index in [1.165, 1.54) is 7.05 Å². The summed E-state index contributed by atoms with van der Waals surface area (Å²) in [6, 6.07) is 7.21. The van der Waals surface area contributed by atoms with Gasteiger partial charge in [-0.05, 0) is 50.1 Å². The van der Waals surface area contributed by atoms with Gasteiger partial charge >= 0.3 is 0 Å². The molecule has 5 heterocycles. The van der Waals surface area contributed by atoms with Crippen molar-refractivity contribution in [3.05, 3.63) is 63.2 Å². The molecule has 2 fully saturated rings. The molecule has 2 aliphatic heterocycles. The Morgan fingerprint density at radius 2 is 2.00 bits per heavy atom. The van der Waals surface area contributed by atoms with Gasteiger partial charge < -0.3 is 15.2 Å². The van der Waals surface area contributed by atoms with Crippen molar-refractivity contribution in [2.75, 3.05) is 38.1 Å². The Morgan fingerprint density at radius 3 is 2.74 bits per heavy atom. The van der Waals surface area contributed by atoms with Gasteiger partial charge in [0.1, 0.15) is 5.69 Å². The average molecular weight is 485 g/mol. The van der Waals surface area contributed by atoms with Gasteiger partial charge in [-0.15, -0.1) is 0 Å². The number of hydrogen-bond donors (Lipinski definition) is 2. The summed E-state index contributed by atoms with van der Waals surface area (Å²) in [5.74, 6) is -0.775. The van der Waals surface area contributed by atoms with E-state index < -0.39 is 11.9 Å². The van der Waals surface area contributed by atoms with E-state index in [1.807, 2.05) is 11.0 Å². The number of nitrogens with one attached hydrogen (secondary N) is 2. The maximum absolute atomic E-state index is 14.5. The molecular formula is C24H26ClFN6O2. The first-order valence-electron chi connectivity index (χ1n) is 11.5. The Balaban J connectivity index is 1.22. The lowest BCUT2D eigenvalue weighted by atomic mass is 10.0. The number of hydrogen-bond acceptors (Lipinski definition) is 6. The van der Waals surface area contributed by atoms with Crippen LogP contribution in [-0.2, 0) is 0 Å². The van der Waals surface area contributed by atoms with Crippen LogP contribution in [0.4, 0.5) is 10.1 Å². The zero-order valence-corrected chi connectivity index (χ0v) is 19.6. The van der Waals surface area contributed by atoms with Crippen LogP contribution in [-0.4, -0.2) is 65.0 Å². The second-order valence-electron chi connectivity index (χ2n) is 8.92. The third-order valence-electron chi connectivity index (χ3n) is 6.95. The van der Waals surface area contributed by atoms with Crippen LogP contribution in [0.2, 0.25) is 5.02 Å². The number of halogens is 2. The highest BCUT2D eigenvalue weighted by molar-refractivity contribution is 6.31. The molecule has 1 atom stereocenters. The number of amides is 1. The van der Waals surface area contributed by atoms with Crippen LogP contribution in [0.5, 0.6) is 0 Å². The van der Waals surface area contributed by atoms with E-state index in [2.05, 4.69) is 25.2 Å².